The number of carbonyl (C=O) groups is 1. The first kappa shape index (κ1) is 15.0. The lowest BCUT2D eigenvalue weighted by molar-refractivity contribution is -0.118. The molecule has 0 fully saturated rings. The molecular weight excluding hydrogens is 302 g/mol. The summed E-state index contributed by atoms with van der Waals surface area (Å²) in [6.45, 7) is 1.70. The highest BCUT2D eigenvalue weighted by atomic mass is 16.7. The zero-order valence-electron chi connectivity index (χ0n) is 12.4. The van der Waals surface area contributed by atoms with Gasteiger partial charge in [-0.05, 0) is 24.6 Å². The predicted octanol–water partition coefficient (Wildman–Crippen LogP) is 1.39. The molecule has 1 aliphatic rings. The minimum Gasteiger partial charge on any atom is -0.502 e. The Kier molecular flexibility index (Phi) is 3.69. The van der Waals surface area contributed by atoms with Gasteiger partial charge in [-0.2, -0.15) is 0 Å². The maximum atomic E-state index is 11.8. The van der Waals surface area contributed by atoms with E-state index in [1.807, 2.05) is 0 Å². The number of aromatic hydroxyl groups is 1. The van der Waals surface area contributed by atoms with Gasteiger partial charge in [0.15, 0.2) is 17.3 Å². The van der Waals surface area contributed by atoms with Crippen molar-refractivity contribution in [2.24, 2.45) is 5.73 Å². The number of primary amides is 1. The van der Waals surface area contributed by atoms with Crippen LogP contribution in [0.3, 0.4) is 0 Å². The maximum Gasteiger partial charge on any atom is 0.231 e. The second-order valence-corrected chi connectivity index (χ2v) is 5.27. The van der Waals surface area contributed by atoms with Crippen LogP contribution in [0.4, 0.5) is 0 Å². The zero-order valence-corrected chi connectivity index (χ0v) is 12.4. The van der Waals surface area contributed by atoms with Crippen LogP contribution in [0.2, 0.25) is 0 Å². The van der Waals surface area contributed by atoms with Gasteiger partial charge in [0, 0.05) is 12.5 Å². The molecule has 3 rings (SSSR count). The van der Waals surface area contributed by atoms with Crippen molar-refractivity contribution in [1.29, 1.82) is 0 Å². The fourth-order valence-electron chi connectivity index (χ4n) is 2.55. The molecule has 1 amide bonds. The van der Waals surface area contributed by atoms with Crippen LogP contribution in [-0.4, -0.2) is 17.8 Å². The predicted molar refractivity (Wildman–Crippen MR) is 79.6 cm³/mol. The van der Waals surface area contributed by atoms with Gasteiger partial charge in [0.05, 0.1) is 5.92 Å². The lowest BCUT2D eigenvalue weighted by atomic mass is 9.91. The Hall–Kier alpha value is -2.96. The molecule has 2 heterocycles. The second-order valence-electron chi connectivity index (χ2n) is 5.27. The van der Waals surface area contributed by atoms with E-state index in [-0.39, 0.29) is 19.0 Å². The molecule has 3 N–H and O–H groups in total. The molecule has 2 aromatic rings. The van der Waals surface area contributed by atoms with E-state index in [4.69, 9.17) is 19.6 Å². The van der Waals surface area contributed by atoms with Crippen LogP contribution in [-0.2, 0) is 4.79 Å². The number of rotatable bonds is 4. The summed E-state index contributed by atoms with van der Waals surface area (Å²) in [5.74, 6) is -0.371. The van der Waals surface area contributed by atoms with E-state index < -0.39 is 23.0 Å². The average molecular weight is 317 g/mol. The van der Waals surface area contributed by atoms with E-state index in [9.17, 15) is 14.7 Å². The number of amides is 1. The summed E-state index contributed by atoms with van der Waals surface area (Å²) in [6.07, 6.45) is -0.125. The summed E-state index contributed by atoms with van der Waals surface area (Å²) >= 11 is 0. The van der Waals surface area contributed by atoms with E-state index in [0.29, 0.717) is 22.8 Å². The first-order valence-corrected chi connectivity index (χ1v) is 6.97. The molecule has 0 spiro atoms. The van der Waals surface area contributed by atoms with Crippen LogP contribution in [0.25, 0.3) is 0 Å². The molecule has 7 nitrogen and oxygen atoms in total. The monoisotopic (exact) mass is 317 g/mol. The SMILES string of the molecule is Cc1cc(=O)c(O)c([C@@H](CC(N)=O)c2ccc3c(c2)OCO3)o1. The van der Waals surface area contributed by atoms with E-state index in [2.05, 4.69) is 0 Å². The van der Waals surface area contributed by atoms with Gasteiger partial charge in [0.25, 0.3) is 0 Å². The minimum absolute atomic E-state index is 0.00710. The molecule has 0 saturated carbocycles. The molecule has 1 aromatic carbocycles. The number of aryl methyl sites for hydroxylation is 1. The highest BCUT2D eigenvalue weighted by Crippen LogP contribution is 2.39. The summed E-state index contributed by atoms with van der Waals surface area (Å²) in [5.41, 5.74) is 5.36. The second kappa shape index (κ2) is 5.68. The van der Waals surface area contributed by atoms with E-state index >= 15 is 0 Å². The van der Waals surface area contributed by atoms with Gasteiger partial charge in [-0.3, -0.25) is 9.59 Å². The Morgan fingerprint density at radius 2 is 2.04 bits per heavy atom. The summed E-state index contributed by atoms with van der Waals surface area (Å²) in [4.78, 5) is 23.2. The van der Waals surface area contributed by atoms with Crippen LogP contribution in [0, 0.1) is 6.92 Å². The lowest BCUT2D eigenvalue weighted by Gasteiger charge is -2.17. The number of nitrogens with two attached hydrogens (primary N) is 1. The molecule has 7 heteroatoms. The first-order chi connectivity index (χ1) is 11.0. The number of benzene rings is 1. The highest BCUT2D eigenvalue weighted by molar-refractivity contribution is 5.75. The van der Waals surface area contributed by atoms with E-state index in [1.165, 1.54) is 6.07 Å². The van der Waals surface area contributed by atoms with Crippen LogP contribution in [0.1, 0.15) is 29.4 Å². The Balaban J connectivity index is 2.12. The van der Waals surface area contributed by atoms with Gasteiger partial charge >= 0.3 is 0 Å². The van der Waals surface area contributed by atoms with E-state index in [1.54, 1.807) is 25.1 Å². The van der Waals surface area contributed by atoms with Crippen LogP contribution < -0.4 is 20.6 Å². The highest BCUT2D eigenvalue weighted by Gasteiger charge is 2.26. The maximum absolute atomic E-state index is 11.8. The lowest BCUT2D eigenvalue weighted by Crippen LogP contribution is -2.17. The normalized spacial score (nSPS) is 13.8. The van der Waals surface area contributed by atoms with E-state index in [0.717, 1.165) is 0 Å². The van der Waals surface area contributed by atoms with Gasteiger partial charge < -0.3 is 24.7 Å². The first-order valence-electron chi connectivity index (χ1n) is 6.97. The summed E-state index contributed by atoms with van der Waals surface area (Å²) in [5, 5.41) is 10.0. The van der Waals surface area contributed by atoms with Crippen molar-refractivity contribution in [3.05, 3.63) is 51.6 Å². The van der Waals surface area contributed by atoms with Crippen LogP contribution in [0.5, 0.6) is 17.2 Å². The van der Waals surface area contributed by atoms with Crippen molar-refractivity contribution in [3.8, 4) is 17.2 Å². The third-order valence-corrected chi connectivity index (χ3v) is 3.59. The summed E-state index contributed by atoms with van der Waals surface area (Å²) in [7, 11) is 0. The molecule has 1 aliphatic heterocycles. The van der Waals surface area contributed by atoms with Gasteiger partial charge in [0.1, 0.15) is 5.76 Å². The molecule has 1 atom stereocenters. The fourth-order valence-corrected chi connectivity index (χ4v) is 2.55. The largest absolute Gasteiger partial charge is 0.502 e. The van der Waals surface area contributed by atoms with Crippen molar-refractivity contribution in [2.45, 2.75) is 19.3 Å². The van der Waals surface area contributed by atoms with Crippen LogP contribution in [0.15, 0.2) is 33.5 Å². The van der Waals surface area contributed by atoms with Gasteiger partial charge in [-0.1, -0.05) is 6.07 Å². The van der Waals surface area contributed by atoms with Crippen LogP contribution >= 0.6 is 0 Å². The Morgan fingerprint density at radius 1 is 1.30 bits per heavy atom. The molecule has 0 saturated heterocycles. The van der Waals surface area contributed by atoms with Crippen molar-refractivity contribution in [2.75, 3.05) is 6.79 Å². The number of carbonyl (C=O) groups excluding carboxylic acids is 1. The fraction of sp³-hybridized carbons (Fsp3) is 0.250. The van der Waals surface area contributed by atoms with Gasteiger partial charge in [-0.25, -0.2) is 0 Å². The van der Waals surface area contributed by atoms with Gasteiger partial charge in [0.2, 0.25) is 23.9 Å². The van der Waals surface area contributed by atoms with Crippen molar-refractivity contribution in [1.82, 2.24) is 0 Å². The number of fused-ring (bicyclic) bond motifs is 1. The average Bonchev–Trinajstić information content (AvgIpc) is 2.96. The molecule has 0 unspecified atom stereocenters. The smallest absolute Gasteiger partial charge is 0.231 e. The standard InChI is InChI=1S/C16H15NO6/c1-8-4-11(18)15(20)16(23-8)10(6-14(17)19)9-2-3-12-13(5-9)22-7-21-12/h2-5,10,20H,6-7H2,1H3,(H2,17,19)/t10-/m0/s1. The minimum atomic E-state index is -0.699. The Bertz CT molecular complexity index is 826. The molecular formula is C16H15NO6. The molecule has 0 bridgehead atoms. The number of ether oxygens (including phenoxy) is 2. The molecule has 0 aliphatic carbocycles. The zero-order chi connectivity index (χ0) is 16.6. The molecule has 0 radical (unpaired) electrons. The van der Waals surface area contributed by atoms with Crippen molar-refractivity contribution >= 4 is 5.91 Å². The molecule has 120 valence electrons. The van der Waals surface area contributed by atoms with Crippen molar-refractivity contribution < 1.29 is 23.8 Å². The number of hydrogen-bond acceptors (Lipinski definition) is 6. The number of hydrogen-bond donors (Lipinski definition) is 2. The summed E-state index contributed by atoms with van der Waals surface area (Å²) in [6, 6.07) is 6.26. The topological polar surface area (TPSA) is 112 Å². The Labute approximate surface area is 131 Å². The van der Waals surface area contributed by atoms with Gasteiger partial charge in [-0.15, -0.1) is 0 Å². The third kappa shape index (κ3) is 2.85. The Morgan fingerprint density at radius 3 is 2.78 bits per heavy atom. The van der Waals surface area contributed by atoms with Crippen molar-refractivity contribution in [3.63, 3.8) is 0 Å². The quantitative estimate of drug-likeness (QED) is 0.881. The summed E-state index contributed by atoms with van der Waals surface area (Å²) < 4.78 is 16.1. The third-order valence-electron chi connectivity index (χ3n) is 3.59. The molecule has 23 heavy (non-hydrogen) atoms. The molecule has 1 aromatic heterocycles.